The number of rotatable bonds is 5. The van der Waals surface area contributed by atoms with E-state index >= 15 is 0 Å². The van der Waals surface area contributed by atoms with Crippen molar-refractivity contribution < 1.29 is 0 Å². The summed E-state index contributed by atoms with van der Waals surface area (Å²) in [6.07, 6.45) is 8.51. The smallest absolute Gasteiger partial charge is 0.0139 e. The van der Waals surface area contributed by atoms with Gasteiger partial charge in [-0.1, -0.05) is 26.7 Å². The van der Waals surface area contributed by atoms with Crippen molar-refractivity contribution in [1.82, 2.24) is 4.90 Å². The van der Waals surface area contributed by atoms with Crippen molar-refractivity contribution in [3.8, 4) is 0 Å². The van der Waals surface area contributed by atoms with Gasteiger partial charge in [0.25, 0.3) is 0 Å². The molecule has 2 heteroatoms. The molecule has 2 aliphatic rings. The van der Waals surface area contributed by atoms with Crippen LogP contribution < -0.4 is 5.73 Å². The maximum Gasteiger partial charge on any atom is 0.0139 e. The highest BCUT2D eigenvalue weighted by Gasteiger charge is 2.38. The second-order valence-electron chi connectivity index (χ2n) is 6.17. The van der Waals surface area contributed by atoms with Gasteiger partial charge in [-0.25, -0.2) is 0 Å². The Balaban J connectivity index is 1.96. The molecule has 0 radical (unpaired) electrons. The van der Waals surface area contributed by atoms with Gasteiger partial charge in [0.2, 0.25) is 0 Å². The second-order valence-corrected chi connectivity index (χ2v) is 6.17. The minimum Gasteiger partial charge on any atom is -0.330 e. The van der Waals surface area contributed by atoms with E-state index in [1.54, 1.807) is 0 Å². The summed E-state index contributed by atoms with van der Waals surface area (Å²) in [4.78, 5) is 2.82. The first-order valence-electron chi connectivity index (χ1n) is 7.18. The van der Waals surface area contributed by atoms with E-state index in [4.69, 9.17) is 5.73 Å². The fraction of sp³-hybridized carbons (Fsp3) is 1.00. The lowest BCUT2D eigenvalue weighted by atomic mass is 9.77. The van der Waals surface area contributed by atoms with Crippen LogP contribution in [0.4, 0.5) is 0 Å². The van der Waals surface area contributed by atoms with Gasteiger partial charge in [0.1, 0.15) is 0 Å². The van der Waals surface area contributed by atoms with E-state index in [2.05, 4.69) is 18.7 Å². The summed E-state index contributed by atoms with van der Waals surface area (Å²) in [5.41, 5.74) is 5.86. The lowest BCUT2D eigenvalue weighted by Gasteiger charge is -2.47. The molecule has 2 atom stereocenters. The molecule has 94 valence electrons. The molecule has 0 saturated heterocycles. The second kappa shape index (κ2) is 5.50. The standard InChI is InChI=1S/C14H28N2/c1-11(2)10-16(13-5-3-4-6-13)14-8-7-12(14)9-15/h11-14H,3-10,15H2,1-2H3. The van der Waals surface area contributed by atoms with E-state index in [0.717, 1.165) is 30.5 Å². The molecule has 0 spiro atoms. The number of hydrogen-bond donors (Lipinski definition) is 1. The van der Waals surface area contributed by atoms with Crippen molar-refractivity contribution in [2.24, 2.45) is 17.6 Å². The molecule has 2 aliphatic carbocycles. The van der Waals surface area contributed by atoms with Crippen LogP contribution in [0.15, 0.2) is 0 Å². The molecule has 0 aliphatic heterocycles. The fourth-order valence-electron chi connectivity index (χ4n) is 3.48. The van der Waals surface area contributed by atoms with E-state index in [1.165, 1.54) is 45.1 Å². The molecule has 2 N–H and O–H groups in total. The summed E-state index contributed by atoms with van der Waals surface area (Å²) in [6, 6.07) is 1.69. The van der Waals surface area contributed by atoms with Crippen LogP contribution in [0.1, 0.15) is 52.4 Å². The normalized spacial score (nSPS) is 31.3. The Labute approximate surface area is 101 Å². The summed E-state index contributed by atoms with van der Waals surface area (Å²) in [5, 5.41) is 0. The van der Waals surface area contributed by atoms with Gasteiger partial charge in [-0.2, -0.15) is 0 Å². The average Bonchev–Trinajstić information content (AvgIpc) is 2.67. The Bertz CT molecular complexity index is 207. The molecule has 2 saturated carbocycles. The van der Waals surface area contributed by atoms with Crippen LogP contribution >= 0.6 is 0 Å². The fourth-order valence-corrected chi connectivity index (χ4v) is 3.48. The van der Waals surface area contributed by atoms with E-state index in [-0.39, 0.29) is 0 Å². The summed E-state index contributed by atoms with van der Waals surface area (Å²) in [6.45, 7) is 6.87. The molecule has 0 aromatic heterocycles. The molecule has 2 unspecified atom stereocenters. The first kappa shape index (κ1) is 12.4. The molecule has 2 fully saturated rings. The highest BCUT2D eigenvalue weighted by atomic mass is 15.2. The number of nitrogens with two attached hydrogens (primary N) is 1. The van der Waals surface area contributed by atoms with Gasteiger partial charge in [0, 0.05) is 18.6 Å². The minimum absolute atomic E-state index is 0.791. The summed E-state index contributed by atoms with van der Waals surface area (Å²) >= 11 is 0. The Kier molecular flexibility index (Phi) is 4.26. The number of hydrogen-bond acceptors (Lipinski definition) is 2. The Morgan fingerprint density at radius 2 is 1.81 bits per heavy atom. The summed E-state index contributed by atoms with van der Waals surface area (Å²) in [5.74, 6) is 1.58. The van der Waals surface area contributed by atoms with Crippen molar-refractivity contribution in [3.05, 3.63) is 0 Å². The molecule has 2 nitrogen and oxygen atoms in total. The Hall–Kier alpha value is -0.0800. The predicted octanol–water partition coefficient (Wildman–Crippen LogP) is 2.62. The Morgan fingerprint density at radius 1 is 1.12 bits per heavy atom. The van der Waals surface area contributed by atoms with Crippen LogP contribution in [0.3, 0.4) is 0 Å². The number of nitrogens with zero attached hydrogens (tertiary/aromatic N) is 1. The first-order chi connectivity index (χ1) is 7.72. The molecule has 0 aromatic rings. The molecule has 0 aromatic carbocycles. The maximum atomic E-state index is 5.86. The van der Waals surface area contributed by atoms with Crippen molar-refractivity contribution in [2.45, 2.75) is 64.5 Å². The van der Waals surface area contributed by atoms with Crippen molar-refractivity contribution >= 4 is 0 Å². The monoisotopic (exact) mass is 224 g/mol. The highest BCUT2D eigenvalue weighted by Crippen LogP contribution is 2.36. The van der Waals surface area contributed by atoms with Gasteiger partial charge in [0.05, 0.1) is 0 Å². The molecule has 16 heavy (non-hydrogen) atoms. The third kappa shape index (κ3) is 2.60. The molecular weight excluding hydrogens is 196 g/mol. The highest BCUT2D eigenvalue weighted by molar-refractivity contribution is 4.93. The van der Waals surface area contributed by atoms with Crippen LogP contribution in [0.25, 0.3) is 0 Å². The zero-order valence-corrected chi connectivity index (χ0v) is 11.0. The molecule has 0 heterocycles. The van der Waals surface area contributed by atoms with E-state index < -0.39 is 0 Å². The van der Waals surface area contributed by atoms with Crippen molar-refractivity contribution in [3.63, 3.8) is 0 Å². The van der Waals surface area contributed by atoms with Gasteiger partial charge in [-0.3, -0.25) is 4.90 Å². The van der Waals surface area contributed by atoms with Gasteiger partial charge in [0.15, 0.2) is 0 Å². The lowest BCUT2D eigenvalue weighted by molar-refractivity contribution is 0.0234. The molecular formula is C14H28N2. The SMILES string of the molecule is CC(C)CN(C1CCCC1)C1CCC1CN. The van der Waals surface area contributed by atoms with Crippen LogP contribution in [0.2, 0.25) is 0 Å². The average molecular weight is 224 g/mol. The predicted molar refractivity (Wildman–Crippen MR) is 69.4 cm³/mol. The molecule has 0 amide bonds. The van der Waals surface area contributed by atoms with E-state index in [0.29, 0.717) is 0 Å². The third-order valence-corrected chi connectivity index (χ3v) is 4.48. The largest absolute Gasteiger partial charge is 0.330 e. The van der Waals surface area contributed by atoms with E-state index in [1.807, 2.05) is 0 Å². The van der Waals surface area contributed by atoms with Crippen LogP contribution in [-0.2, 0) is 0 Å². The first-order valence-corrected chi connectivity index (χ1v) is 7.18. The summed E-state index contributed by atoms with van der Waals surface area (Å²) < 4.78 is 0. The lowest BCUT2D eigenvalue weighted by Crippen LogP contribution is -2.54. The van der Waals surface area contributed by atoms with Gasteiger partial charge >= 0.3 is 0 Å². The summed E-state index contributed by atoms with van der Waals surface area (Å²) in [7, 11) is 0. The third-order valence-electron chi connectivity index (χ3n) is 4.48. The minimum atomic E-state index is 0.791. The van der Waals surface area contributed by atoms with Gasteiger partial charge in [-0.05, 0) is 44.1 Å². The zero-order chi connectivity index (χ0) is 11.5. The van der Waals surface area contributed by atoms with E-state index in [9.17, 15) is 0 Å². The van der Waals surface area contributed by atoms with Gasteiger partial charge < -0.3 is 5.73 Å². The zero-order valence-electron chi connectivity index (χ0n) is 11.0. The Morgan fingerprint density at radius 3 is 2.25 bits per heavy atom. The van der Waals surface area contributed by atoms with Crippen LogP contribution in [0, 0.1) is 11.8 Å². The quantitative estimate of drug-likeness (QED) is 0.778. The van der Waals surface area contributed by atoms with Crippen LogP contribution in [0.5, 0.6) is 0 Å². The topological polar surface area (TPSA) is 29.3 Å². The van der Waals surface area contributed by atoms with Crippen LogP contribution in [-0.4, -0.2) is 30.1 Å². The maximum absolute atomic E-state index is 5.86. The van der Waals surface area contributed by atoms with Crippen molar-refractivity contribution in [1.29, 1.82) is 0 Å². The van der Waals surface area contributed by atoms with Gasteiger partial charge in [-0.15, -0.1) is 0 Å². The van der Waals surface area contributed by atoms with Crippen molar-refractivity contribution in [2.75, 3.05) is 13.1 Å². The molecule has 0 bridgehead atoms. The molecule has 2 rings (SSSR count).